The van der Waals surface area contributed by atoms with Crippen molar-refractivity contribution >= 4 is 19.1 Å². The standard InChI is InChI=1S/C26H43BN4O5/c1-16(2)12-21(27-35-20-14-17-13-19(25(17,6)7)26(20,8)36-27)30-22(32)18(15-31-11-9-10-28-31)29-23(33)34-24(3,4)5/h9-11,16-21H,12-15H2,1-8H3,(H,29,33)(H,30,32)/t17-,18+,19-,20-,21+,26+/m1/s1. The summed E-state index contributed by atoms with van der Waals surface area (Å²) in [6, 6.07) is 0.902. The van der Waals surface area contributed by atoms with E-state index < -0.39 is 24.9 Å². The van der Waals surface area contributed by atoms with Gasteiger partial charge < -0.3 is 24.7 Å². The Kier molecular flexibility index (Phi) is 7.25. The minimum Gasteiger partial charge on any atom is -0.444 e. The lowest BCUT2D eigenvalue weighted by atomic mass is 9.43. The molecule has 1 aromatic rings. The third kappa shape index (κ3) is 5.44. The maximum Gasteiger partial charge on any atom is 0.481 e. The first kappa shape index (κ1) is 27.0. The lowest BCUT2D eigenvalue weighted by Crippen LogP contribution is -2.65. The van der Waals surface area contributed by atoms with Crippen molar-refractivity contribution in [2.45, 2.75) is 110 Å². The van der Waals surface area contributed by atoms with Crippen LogP contribution >= 0.6 is 0 Å². The van der Waals surface area contributed by atoms with Crippen molar-refractivity contribution in [2.24, 2.45) is 23.2 Å². The molecule has 4 aliphatic rings. The van der Waals surface area contributed by atoms with Gasteiger partial charge in [-0.1, -0.05) is 27.7 Å². The van der Waals surface area contributed by atoms with Crippen molar-refractivity contribution < 1.29 is 23.6 Å². The smallest absolute Gasteiger partial charge is 0.444 e. The molecule has 2 bridgehead atoms. The highest BCUT2D eigenvalue weighted by Gasteiger charge is 2.68. The summed E-state index contributed by atoms with van der Waals surface area (Å²) >= 11 is 0. The van der Waals surface area contributed by atoms with Gasteiger partial charge in [0, 0.05) is 12.4 Å². The number of rotatable bonds is 8. The molecular weight excluding hydrogens is 459 g/mol. The van der Waals surface area contributed by atoms with Crippen LogP contribution in [0.3, 0.4) is 0 Å². The molecular formula is C26H43BN4O5. The molecule has 3 aliphatic carbocycles. The number of aromatic nitrogens is 2. The summed E-state index contributed by atoms with van der Waals surface area (Å²) in [4.78, 5) is 26.1. The van der Waals surface area contributed by atoms with Gasteiger partial charge in [0.1, 0.15) is 11.6 Å². The van der Waals surface area contributed by atoms with Crippen LogP contribution in [0.1, 0.15) is 74.7 Å². The molecule has 1 aliphatic heterocycles. The van der Waals surface area contributed by atoms with Crippen LogP contribution in [0.4, 0.5) is 4.79 Å². The quantitative estimate of drug-likeness (QED) is 0.527. The molecule has 4 fully saturated rings. The molecule has 0 aromatic carbocycles. The van der Waals surface area contributed by atoms with Crippen LogP contribution in [0.5, 0.6) is 0 Å². The predicted octanol–water partition coefficient (Wildman–Crippen LogP) is 3.57. The van der Waals surface area contributed by atoms with Crippen molar-refractivity contribution in [1.82, 2.24) is 20.4 Å². The van der Waals surface area contributed by atoms with Crippen molar-refractivity contribution in [2.75, 3.05) is 0 Å². The molecule has 2 amide bonds. The lowest BCUT2D eigenvalue weighted by molar-refractivity contribution is -0.199. The Hall–Kier alpha value is -2.07. The topological polar surface area (TPSA) is 104 Å². The van der Waals surface area contributed by atoms with Crippen LogP contribution < -0.4 is 10.6 Å². The SMILES string of the molecule is CC(C)C[C@H](NC(=O)[C@H](Cn1cccn1)NC(=O)OC(C)(C)C)B1O[C@@H]2C[C@H]3C[C@H](C3(C)C)[C@]2(C)O1. The normalized spacial score (nSPS) is 30.2. The van der Waals surface area contributed by atoms with Crippen LogP contribution in [0.2, 0.25) is 0 Å². The fourth-order valence-corrected chi connectivity index (χ4v) is 6.34. The minimum atomic E-state index is -0.875. The van der Waals surface area contributed by atoms with Gasteiger partial charge in [-0.05, 0) is 76.2 Å². The van der Waals surface area contributed by atoms with E-state index >= 15 is 0 Å². The Labute approximate surface area is 215 Å². The highest BCUT2D eigenvalue weighted by atomic mass is 16.7. The summed E-state index contributed by atoms with van der Waals surface area (Å²) in [5, 5.41) is 10.1. The third-order valence-corrected chi connectivity index (χ3v) is 8.29. The van der Waals surface area contributed by atoms with Gasteiger partial charge in [0.05, 0.1) is 24.2 Å². The molecule has 10 heteroatoms. The first-order valence-corrected chi connectivity index (χ1v) is 13.3. The average molecular weight is 502 g/mol. The number of hydrogen-bond donors (Lipinski definition) is 2. The Morgan fingerprint density at radius 1 is 1.22 bits per heavy atom. The third-order valence-electron chi connectivity index (χ3n) is 8.29. The molecule has 1 saturated heterocycles. The second kappa shape index (κ2) is 9.67. The van der Waals surface area contributed by atoms with Gasteiger partial charge in [0.25, 0.3) is 0 Å². The van der Waals surface area contributed by atoms with E-state index in [1.54, 1.807) is 43.9 Å². The maximum atomic E-state index is 13.6. The van der Waals surface area contributed by atoms with Crippen LogP contribution in [0, 0.1) is 23.2 Å². The first-order chi connectivity index (χ1) is 16.7. The number of carbonyl (C=O) groups is 2. The van der Waals surface area contributed by atoms with Crippen molar-refractivity contribution in [3.05, 3.63) is 18.5 Å². The number of nitrogens with zero attached hydrogens (tertiary/aromatic N) is 2. The van der Waals surface area contributed by atoms with E-state index in [1.807, 2.05) is 0 Å². The monoisotopic (exact) mass is 502 g/mol. The highest BCUT2D eigenvalue weighted by Crippen LogP contribution is 2.65. The summed E-state index contributed by atoms with van der Waals surface area (Å²) < 4.78 is 20.2. The van der Waals surface area contributed by atoms with Crippen molar-refractivity contribution in [3.8, 4) is 0 Å². The number of hydrogen-bond acceptors (Lipinski definition) is 6. The Morgan fingerprint density at radius 3 is 2.53 bits per heavy atom. The average Bonchev–Trinajstić information content (AvgIpc) is 3.37. The van der Waals surface area contributed by atoms with E-state index in [4.69, 9.17) is 14.0 Å². The summed E-state index contributed by atoms with van der Waals surface area (Å²) in [5.41, 5.74) is -0.790. The van der Waals surface area contributed by atoms with Gasteiger partial charge in [-0.15, -0.1) is 0 Å². The van der Waals surface area contributed by atoms with E-state index in [2.05, 4.69) is 50.4 Å². The molecule has 1 aromatic heterocycles. The van der Waals surface area contributed by atoms with Gasteiger partial charge in [0.15, 0.2) is 0 Å². The van der Waals surface area contributed by atoms with Crippen molar-refractivity contribution in [3.63, 3.8) is 0 Å². The Balaban J connectivity index is 1.49. The van der Waals surface area contributed by atoms with Gasteiger partial charge in [-0.25, -0.2) is 4.79 Å². The van der Waals surface area contributed by atoms with Crippen LogP contribution in [-0.4, -0.2) is 58.2 Å². The summed E-state index contributed by atoms with van der Waals surface area (Å²) in [6.45, 7) is 16.6. The van der Waals surface area contributed by atoms with E-state index in [0.29, 0.717) is 24.2 Å². The van der Waals surface area contributed by atoms with Gasteiger partial charge in [-0.2, -0.15) is 5.10 Å². The maximum absolute atomic E-state index is 13.6. The summed E-state index contributed by atoms with van der Waals surface area (Å²) in [6.07, 6.45) is 5.63. The molecule has 2 heterocycles. The van der Waals surface area contributed by atoms with E-state index in [9.17, 15) is 9.59 Å². The molecule has 36 heavy (non-hydrogen) atoms. The van der Waals surface area contributed by atoms with Gasteiger partial charge in [0.2, 0.25) is 5.91 Å². The van der Waals surface area contributed by atoms with E-state index in [-0.39, 0.29) is 35.5 Å². The molecule has 9 nitrogen and oxygen atoms in total. The molecule has 3 saturated carbocycles. The molecule has 2 N–H and O–H groups in total. The Bertz CT molecular complexity index is 947. The summed E-state index contributed by atoms with van der Waals surface area (Å²) in [5.74, 6) is 0.735. The van der Waals surface area contributed by atoms with Crippen molar-refractivity contribution in [1.29, 1.82) is 0 Å². The van der Waals surface area contributed by atoms with Gasteiger partial charge in [-0.3, -0.25) is 9.48 Å². The predicted molar refractivity (Wildman–Crippen MR) is 137 cm³/mol. The fraction of sp³-hybridized carbons (Fsp3) is 0.808. The number of alkyl carbamates (subject to hydrolysis) is 1. The number of ether oxygens (including phenoxy) is 1. The zero-order chi connectivity index (χ0) is 26.5. The molecule has 6 atom stereocenters. The lowest BCUT2D eigenvalue weighted by Gasteiger charge is -2.64. The number of nitrogens with one attached hydrogen (secondary N) is 2. The largest absolute Gasteiger partial charge is 0.481 e. The number of carbonyl (C=O) groups excluding carboxylic acids is 2. The zero-order valence-electron chi connectivity index (χ0n) is 23.0. The molecule has 200 valence electrons. The minimum absolute atomic E-state index is 0.0330. The summed E-state index contributed by atoms with van der Waals surface area (Å²) in [7, 11) is -0.534. The molecule has 0 radical (unpaired) electrons. The second-order valence-electron chi connectivity index (χ2n) is 13.0. The Morgan fingerprint density at radius 2 is 1.94 bits per heavy atom. The second-order valence-corrected chi connectivity index (χ2v) is 13.0. The fourth-order valence-electron chi connectivity index (χ4n) is 6.34. The first-order valence-electron chi connectivity index (χ1n) is 13.3. The zero-order valence-corrected chi connectivity index (χ0v) is 23.0. The van der Waals surface area contributed by atoms with E-state index in [0.717, 1.165) is 6.42 Å². The highest BCUT2D eigenvalue weighted by molar-refractivity contribution is 6.47. The number of amides is 2. The molecule has 5 rings (SSSR count). The van der Waals surface area contributed by atoms with Crippen LogP contribution in [0.25, 0.3) is 0 Å². The van der Waals surface area contributed by atoms with Crippen LogP contribution in [-0.2, 0) is 25.4 Å². The van der Waals surface area contributed by atoms with Crippen LogP contribution in [0.15, 0.2) is 18.5 Å². The van der Waals surface area contributed by atoms with Gasteiger partial charge >= 0.3 is 13.2 Å². The molecule has 0 spiro atoms. The molecule has 0 unspecified atom stereocenters. The van der Waals surface area contributed by atoms with E-state index in [1.165, 1.54) is 6.42 Å².